The molecule has 2 amide bonds. The molecular formula is C27H27N3O4. The van der Waals surface area contributed by atoms with Gasteiger partial charge in [0.2, 0.25) is 11.8 Å². The number of hydrogen-bond donors (Lipinski definition) is 3. The van der Waals surface area contributed by atoms with Crippen molar-refractivity contribution in [3.63, 3.8) is 0 Å². The van der Waals surface area contributed by atoms with E-state index in [1.165, 1.54) is 0 Å². The number of nitrogens with zero attached hydrogens (tertiary/aromatic N) is 1. The number of hydrogen-bond acceptors (Lipinski definition) is 5. The van der Waals surface area contributed by atoms with Crippen LogP contribution in [0.4, 0.5) is 5.69 Å². The van der Waals surface area contributed by atoms with Crippen LogP contribution in [0.2, 0.25) is 0 Å². The summed E-state index contributed by atoms with van der Waals surface area (Å²) in [5, 5.41) is 15.5. The standard InChI is InChI=1S/C27H27N3O4/c31-18-25-24(30-26(32)15-19-5-4-14-28-17-19)13-12-23(34-25)16-27(33)29-22-10-8-21(9-11-22)20-6-2-1-3-7-20/h1-14,17,23-25,31H,15-16,18H2,(H,29,33)(H,30,32)/t23-,24-,25+/m1/s1. The normalized spacial score (nSPS) is 19.4. The van der Waals surface area contributed by atoms with Gasteiger partial charge in [-0.25, -0.2) is 0 Å². The third-order valence-corrected chi connectivity index (χ3v) is 5.54. The first-order chi connectivity index (χ1) is 16.6. The molecule has 3 aromatic rings. The van der Waals surface area contributed by atoms with E-state index in [9.17, 15) is 14.7 Å². The number of nitrogens with one attached hydrogen (secondary N) is 2. The third-order valence-electron chi connectivity index (χ3n) is 5.54. The van der Waals surface area contributed by atoms with Crippen molar-refractivity contribution in [1.82, 2.24) is 10.3 Å². The van der Waals surface area contributed by atoms with Crippen LogP contribution in [0, 0.1) is 0 Å². The zero-order valence-electron chi connectivity index (χ0n) is 18.6. The van der Waals surface area contributed by atoms with E-state index in [1.807, 2.05) is 60.7 Å². The van der Waals surface area contributed by atoms with Crippen molar-refractivity contribution in [3.05, 3.63) is 96.8 Å². The number of aliphatic hydroxyl groups is 1. The van der Waals surface area contributed by atoms with Gasteiger partial charge in [-0.2, -0.15) is 0 Å². The highest BCUT2D eigenvalue weighted by Crippen LogP contribution is 2.22. The van der Waals surface area contributed by atoms with E-state index in [-0.39, 0.29) is 31.3 Å². The molecule has 0 saturated carbocycles. The summed E-state index contributed by atoms with van der Waals surface area (Å²) in [6.07, 6.45) is 5.97. The molecule has 2 heterocycles. The Bertz CT molecular complexity index is 1120. The van der Waals surface area contributed by atoms with Crippen molar-refractivity contribution in [2.45, 2.75) is 31.1 Å². The molecule has 0 aliphatic carbocycles. The number of benzene rings is 2. The lowest BCUT2D eigenvalue weighted by Gasteiger charge is -2.31. The highest BCUT2D eigenvalue weighted by Gasteiger charge is 2.29. The monoisotopic (exact) mass is 457 g/mol. The number of carbonyl (C=O) groups is 2. The Morgan fingerprint density at radius 1 is 0.912 bits per heavy atom. The topological polar surface area (TPSA) is 101 Å². The number of anilines is 1. The number of aliphatic hydroxyl groups excluding tert-OH is 1. The number of ether oxygens (including phenoxy) is 1. The second-order valence-electron chi connectivity index (χ2n) is 8.11. The number of aromatic nitrogens is 1. The van der Waals surface area contributed by atoms with Gasteiger partial charge in [0.1, 0.15) is 6.10 Å². The van der Waals surface area contributed by atoms with Crippen molar-refractivity contribution in [1.29, 1.82) is 0 Å². The molecule has 0 spiro atoms. The summed E-state index contributed by atoms with van der Waals surface area (Å²) in [4.78, 5) is 28.9. The molecule has 174 valence electrons. The average Bonchev–Trinajstić information content (AvgIpc) is 2.86. The number of pyridine rings is 1. The predicted octanol–water partition coefficient (Wildman–Crippen LogP) is 3.12. The molecular weight excluding hydrogens is 430 g/mol. The average molecular weight is 458 g/mol. The first kappa shape index (κ1) is 23.4. The van der Waals surface area contributed by atoms with E-state index in [0.29, 0.717) is 5.69 Å². The molecule has 1 aromatic heterocycles. The van der Waals surface area contributed by atoms with Crippen molar-refractivity contribution < 1.29 is 19.4 Å². The van der Waals surface area contributed by atoms with Crippen molar-refractivity contribution in [3.8, 4) is 11.1 Å². The van der Waals surface area contributed by atoms with E-state index >= 15 is 0 Å². The molecule has 4 rings (SSSR count). The SMILES string of the molecule is O=C(C[C@H]1C=C[C@@H](NC(=O)Cc2cccnc2)[C@H](CO)O1)Nc1ccc(-c2ccccc2)cc1. The van der Waals surface area contributed by atoms with Crippen molar-refractivity contribution in [2.75, 3.05) is 11.9 Å². The largest absolute Gasteiger partial charge is 0.394 e. The van der Waals surface area contributed by atoms with E-state index in [4.69, 9.17) is 4.74 Å². The lowest BCUT2D eigenvalue weighted by molar-refractivity contribution is -0.125. The highest BCUT2D eigenvalue weighted by molar-refractivity contribution is 5.91. The number of carbonyl (C=O) groups excluding carboxylic acids is 2. The Labute approximate surface area is 198 Å². The number of amides is 2. The van der Waals surface area contributed by atoms with Gasteiger partial charge in [-0.3, -0.25) is 14.6 Å². The van der Waals surface area contributed by atoms with Gasteiger partial charge in [0.05, 0.1) is 31.6 Å². The van der Waals surface area contributed by atoms with Gasteiger partial charge in [-0.1, -0.05) is 60.7 Å². The molecule has 7 heteroatoms. The highest BCUT2D eigenvalue weighted by atomic mass is 16.5. The van der Waals surface area contributed by atoms with E-state index < -0.39 is 18.2 Å². The first-order valence-electron chi connectivity index (χ1n) is 11.2. The summed E-state index contributed by atoms with van der Waals surface area (Å²) in [7, 11) is 0. The quantitative estimate of drug-likeness (QED) is 0.451. The van der Waals surface area contributed by atoms with Crippen LogP contribution in [0.25, 0.3) is 11.1 Å². The molecule has 0 bridgehead atoms. The smallest absolute Gasteiger partial charge is 0.227 e. The zero-order chi connectivity index (χ0) is 23.8. The van der Waals surface area contributed by atoms with Crippen molar-refractivity contribution in [2.24, 2.45) is 0 Å². The Hall–Kier alpha value is -3.81. The van der Waals surface area contributed by atoms with Crippen LogP contribution in [-0.2, 0) is 20.7 Å². The van der Waals surface area contributed by atoms with Crippen LogP contribution in [0.5, 0.6) is 0 Å². The van der Waals surface area contributed by atoms with Crippen molar-refractivity contribution >= 4 is 17.5 Å². The van der Waals surface area contributed by atoms with Gasteiger partial charge in [-0.05, 0) is 34.9 Å². The molecule has 3 N–H and O–H groups in total. The third kappa shape index (κ3) is 6.37. The van der Waals surface area contributed by atoms with Gasteiger partial charge < -0.3 is 20.5 Å². The van der Waals surface area contributed by atoms with Crippen LogP contribution in [0.1, 0.15) is 12.0 Å². The second kappa shape index (κ2) is 11.4. The summed E-state index contributed by atoms with van der Waals surface area (Å²) in [6.45, 7) is -0.277. The molecule has 1 aliphatic heterocycles. The molecule has 0 unspecified atom stereocenters. The van der Waals surface area contributed by atoms with Crippen LogP contribution in [0.15, 0.2) is 91.3 Å². The van der Waals surface area contributed by atoms with Gasteiger partial charge in [0.25, 0.3) is 0 Å². The zero-order valence-corrected chi connectivity index (χ0v) is 18.6. The molecule has 1 aliphatic rings. The van der Waals surface area contributed by atoms with Gasteiger partial charge in [0.15, 0.2) is 0 Å². The summed E-state index contributed by atoms with van der Waals surface area (Å²) in [5.74, 6) is -0.391. The minimum absolute atomic E-state index is 0.101. The molecule has 0 fully saturated rings. The van der Waals surface area contributed by atoms with Gasteiger partial charge >= 0.3 is 0 Å². The lowest BCUT2D eigenvalue weighted by Crippen LogP contribution is -2.49. The van der Waals surface area contributed by atoms with Crippen LogP contribution >= 0.6 is 0 Å². The Morgan fingerprint density at radius 3 is 2.38 bits per heavy atom. The molecule has 34 heavy (non-hydrogen) atoms. The van der Waals surface area contributed by atoms with Crippen LogP contribution in [-0.4, -0.2) is 46.8 Å². The molecule has 3 atom stereocenters. The maximum Gasteiger partial charge on any atom is 0.227 e. The van der Waals surface area contributed by atoms with Crippen LogP contribution in [0.3, 0.4) is 0 Å². The summed E-state index contributed by atoms with van der Waals surface area (Å²) in [5.41, 5.74) is 3.68. The first-order valence-corrected chi connectivity index (χ1v) is 11.2. The van der Waals surface area contributed by atoms with Crippen LogP contribution < -0.4 is 10.6 Å². The molecule has 0 saturated heterocycles. The fourth-order valence-corrected chi connectivity index (χ4v) is 3.83. The Kier molecular flexibility index (Phi) is 7.80. The number of rotatable bonds is 8. The fraction of sp³-hybridized carbons (Fsp3) is 0.222. The van der Waals surface area contributed by atoms with E-state index in [2.05, 4.69) is 15.6 Å². The second-order valence-corrected chi connectivity index (χ2v) is 8.11. The maximum atomic E-state index is 12.5. The summed E-state index contributed by atoms with van der Waals surface area (Å²) >= 11 is 0. The molecule has 2 aromatic carbocycles. The molecule has 0 radical (unpaired) electrons. The minimum atomic E-state index is -0.634. The fourth-order valence-electron chi connectivity index (χ4n) is 3.83. The van der Waals surface area contributed by atoms with Gasteiger partial charge in [-0.15, -0.1) is 0 Å². The maximum absolute atomic E-state index is 12.5. The predicted molar refractivity (Wildman–Crippen MR) is 130 cm³/mol. The molecule has 7 nitrogen and oxygen atoms in total. The van der Waals surface area contributed by atoms with E-state index in [1.54, 1.807) is 30.6 Å². The summed E-state index contributed by atoms with van der Waals surface area (Å²) in [6, 6.07) is 20.8. The Balaban J connectivity index is 1.29. The minimum Gasteiger partial charge on any atom is -0.394 e. The van der Waals surface area contributed by atoms with E-state index in [0.717, 1.165) is 16.7 Å². The van der Waals surface area contributed by atoms with Gasteiger partial charge in [0, 0.05) is 18.1 Å². The lowest BCUT2D eigenvalue weighted by atomic mass is 10.0. The summed E-state index contributed by atoms with van der Waals surface area (Å²) < 4.78 is 5.86. The Morgan fingerprint density at radius 2 is 1.68 bits per heavy atom.